The highest BCUT2D eigenvalue weighted by Gasteiger charge is 2.12. The summed E-state index contributed by atoms with van der Waals surface area (Å²) in [7, 11) is 1.65. The van der Waals surface area contributed by atoms with Crippen molar-refractivity contribution in [1.29, 1.82) is 0 Å². The Hall–Kier alpha value is -0.550. The van der Waals surface area contributed by atoms with Crippen molar-refractivity contribution in [3.05, 3.63) is 61.5 Å². The molecule has 0 aromatic heterocycles. The first-order chi connectivity index (χ1) is 9.49. The van der Waals surface area contributed by atoms with E-state index in [4.69, 9.17) is 22.1 Å². The van der Waals surface area contributed by atoms with Gasteiger partial charge in [0.15, 0.2) is 0 Å². The van der Waals surface area contributed by atoms with E-state index in [1.807, 2.05) is 36.4 Å². The van der Waals surface area contributed by atoms with Gasteiger partial charge in [-0.25, -0.2) is 0 Å². The van der Waals surface area contributed by atoms with Crippen molar-refractivity contribution < 1.29 is 4.74 Å². The van der Waals surface area contributed by atoms with Gasteiger partial charge in [0, 0.05) is 20.0 Å². The molecule has 2 aromatic rings. The third-order valence-electron chi connectivity index (χ3n) is 3.00. The number of nitrogens with two attached hydrogens (primary N) is 1. The molecule has 2 rings (SSSR count). The van der Waals surface area contributed by atoms with Crippen LogP contribution >= 0.6 is 43.5 Å². The van der Waals surface area contributed by atoms with E-state index in [-0.39, 0.29) is 6.04 Å². The first-order valence-corrected chi connectivity index (χ1v) is 8.00. The predicted octanol–water partition coefficient (Wildman–Crippen LogP) is 5.12. The minimum atomic E-state index is -0.129. The Morgan fingerprint density at radius 2 is 1.80 bits per heavy atom. The SMILES string of the molecule is COc1ccc(Cl)cc1CC(N)c1cc(Br)cc(Br)c1. The van der Waals surface area contributed by atoms with Crippen LogP contribution < -0.4 is 10.5 Å². The fraction of sp³-hybridized carbons (Fsp3) is 0.200. The molecule has 0 aliphatic carbocycles. The molecule has 2 aromatic carbocycles. The maximum Gasteiger partial charge on any atom is 0.122 e. The molecular weight excluding hydrogens is 405 g/mol. The molecule has 0 amide bonds. The van der Waals surface area contributed by atoms with Gasteiger partial charge >= 0.3 is 0 Å². The van der Waals surface area contributed by atoms with Crippen LogP contribution in [0.3, 0.4) is 0 Å². The zero-order valence-corrected chi connectivity index (χ0v) is 14.8. The van der Waals surface area contributed by atoms with Crippen LogP contribution in [0.2, 0.25) is 5.02 Å². The van der Waals surface area contributed by atoms with Crippen LogP contribution in [-0.2, 0) is 6.42 Å². The summed E-state index contributed by atoms with van der Waals surface area (Å²) in [4.78, 5) is 0. The third-order valence-corrected chi connectivity index (χ3v) is 4.15. The van der Waals surface area contributed by atoms with Crippen molar-refractivity contribution in [3.8, 4) is 5.75 Å². The van der Waals surface area contributed by atoms with Crippen molar-refractivity contribution >= 4 is 43.5 Å². The maximum atomic E-state index is 6.30. The molecule has 0 aliphatic heterocycles. The topological polar surface area (TPSA) is 35.2 Å². The zero-order valence-electron chi connectivity index (χ0n) is 10.9. The van der Waals surface area contributed by atoms with Crippen LogP contribution in [-0.4, -0.2) is 7.11 Å². The number of methoxy groups -OCH3 is 1. The molecule has 2 nitrogen and oxygen atoms in total. The lowest BCUT2D eigenvalue weighted by molar-refractivity contribution is 0.408. The summed E-state index contributed by atoms with van der Waals surface area (Å²) in [5, 5.41) is 0.684. The lowest BCUT2D eigenvalue weighted by atomic mass is 9.99. The van der Waals surface area contributed by atoms with E-state index in [0.717, 1.165) is 25.8 Å². The average molecular weight is 420 g/mol. The summed E-state index contributed by atoms with van der Waals surface area (Å²) in [5.74, 6) is 0.805. The van der Waals surface area contributed by atoms with Crippen molar-refractivity contribution in [1.82, 2.24) is 0 Å². The lowest BCUT2D eigenvalue weighted by Crippen LogP contribution is -2.14. The van der Waals surface area contributed by atoms with Gasteiger partial charge in [-0.05, 0) is 53.9 Å². The van der Waals surface area contributed by atoms with Crippen molar-refractivity contribution in [3.63, 3.8) is 0 Å². The van der Waals surface area contributed by atoms with Crippen LogP contribution in [0.15, 0.2) is 45.3 Å². The Morgan fingerprint density at radius 1 is 1.15 bits per heavy atom. The summed E-state index contributed by atoms with van der Waals surface area (Å²) in [6.45, 7) is 0. The summed E-state index contributed by atoms with van der Waals surface area (Å²) in [6, 6.07) is 11.5. The molecule has 0 heterocycles. The second-order valence-corrected chi connectivity index (χ2v) is 6.74. The molecule has 0 saturated heterocycles. The Kier molecular flexibility index (Phi) is 5.49. The Labute approximate surface area is 140 Å². The molecule has 5 heteroatoms. The van der Waals surface area contributed by atoms with Gasteiger partial charge in [-0.2, -0.15) is 0 Å². The summed E-state index contributed by atoms with van der Waals surface area (Å²) >= 11 is 13.0. The van der Waals surface area contributed by atoms with Gasteiger partial charge in [0.25, 0.3) is 0 Å². The van der Waals surface area contributed by atoms with Gasteiger partial charge in [-0.1, -0.05) is 43.5 Å². The first-order valence-electron chi connectivity index (χ1n) is 6.03. The molecule has 0 aliphatic rings. The van der Waals surface area contributed by atoms with E-state index in [0.29, 0.717) is 11.4 Å². The molecule has 0 saturated carbocycles. The number of rotatable bonds is 4. The summed E-state index contributed by atoms with van der Waals surface area (Å²) in [6.07, 6.45) is 0.659. The van der Waals surface area contributed by atoms with Crippen molar-refractivity contribution in [2.24, 2.45) is 5.73 Å². The van der Waals surface area contributed by atoms with Gasteiger partial charge in [-0.15, -0.1) is 0 Å². The van der Waals surface area contributed by atoms with Gasteiger partial charge in [0.2, 0.25) is 0 Å². The molecule has 0 fully saturated rings. The van der Waals surface area contributed by atoms with E-state index in [1.165, 1.54) is 0 Å². The average Bonchev–Trinajstić information content (AvgIpc) is 2.37. The van der Waals surface area contributed by atoms with Gasteiger partial charge in [0.1, 0.15) is 5.75 Å². The summed E-state index contributed by atoms with van der Waals surface area (Å²) < 4.78 is 7.34. The molecule has 0 radical (unpaired) electrons. The fourth-order valence-corrected chi connectivity index (χ4v) is 3.57. The van der Waals surface area contributed by atoms with Crippen molar-refractivity contribution in [2.75, 3.05) is 7.11 Å². The molecule has 0 spiro atoms. The minimum Gasteiger partial charge on any atom is -0.496 e. The Morgan fingerprint density at radius 3 is 2.40 bits per heavy atom. The van der Waals surface area contributed by atoms with Gasteiger partial charge < -0.3 is 10.5 Å². The van der Waals surface area contributed by atoms with Crippen LogP contribution in [0.1, 0.15) is 17.2 Å². The monoisotopic (exact) mass is 417 g/mol. The number of halogens is 3. The molecular formula is C15H14Br2ClNO. The van der Waals surface area contributed by atoms with Gasteiger partial charge in [-0.3, -0.25) is 0 Å². The van der Waals surface area contributed by atoms with E-state index < -0.39 is 0 Å². The fourth-order valence-electron chi connectivity index (χ4n) is 2.05. The predicted molar refractivity (Wildman–Crippen MR) is 90.5 cm³/mol. The number of hydrogen-bond donors (Lipinski definition) is 1. The second kappa shape index (κ2) is 6.94. The standard InChI is InChI=1S/C15H14Br2ClNO/c1-20-15-3-2-13(18)6-10(15)7-14(19)9-4-11(16)8-12(17)5-9/h2-6,8,14H,7,19H2,1H3. The maximum absolute atomic E-state index is 6.30. The van der Waals surface area contributed by atoms with E-state index in [9.17, 15) is 0 Å². The normalized spacial score (nSPS) is 12.2. The Balaban J connectivity index is 2.27. The smallest absolute Gasteiger partial charge is 0.122 e. The van der Waals surface area contributed by atoms with E-state index in [1.54, 1.807) is 7.11 Å². The highest BCUT2D eigenvalue weighted by molar-refractivity contribution is 9.11. The zero-order chi connectivity index (χ0) is 14.7. The van der Waals surface area contributed by atoms with Gasteiger partial charge in [0.05, 0.1) is 7.11 Å². The van der Waals surface area contributed by atoms with Crippen LogP contribution in [0.4, 0.5) is 0 Å². The highest BCUT2D eigenvalue weighted by atomic mass is 79.9. The molecule has 2 N–H and O–H groups in total. The summed E-state index contributed by atoms with van der Waals surface area (Å²) in [5.41, 5.74) is 8.35. The Bertz CT molecular complexity index is 599. The van der Waals surface area contributed by atoms with E-state index >= 15 is 0 Å². The van der Waals surface area contributed by atoms with Crippen LogP contribution in [0.5, 0.6) is 5.75 Å². The number of hydrogen-bond acceptors (Lipinski definition) is 2. The molecule has 1 unspecified atom stereocenters. The van der Waals surface area contributed by atoms with Crippen LogP contribution in [0.25, 0.3) is 0 Å². The molecule has 106 valence electrons. The van der Waals surface area contributed by atoms with E-state index in [2.05, 4.69) is 31.9 Å². The quantitative estimate of drug-likeness (QED) is 0.747. The largest absolute Gasteiger partial charge is 0.496 e. The molecule has 1 atom stereocenters. The molecule has 20 heavy (non-hydrogen) atoms. The minimum absolute atomic E-state index is 0.129. The molecule has 0 bridgehead atoms. The van der Waals surface area contributed by atoms with Crippen LogP contribution in [0, 0.1) is 0 Å². The first kappa shape index (κ1) is 15.8. The number of ether oxygens (including phenoxy) is 1. The second-order valence-electron chi connectivity index (χ2n) is 4.47. The third kappa shape index (κ3) is 3.98. The number of benzene rings is 2. The van der Waals surface area contributed by atoms with Crippen molar-refractivity contribution in [2.45, 2.75) is 12.5 Å². The lowest BCUT2D eigenvalue weighted by Gasteiger charge is -2.15. The highest BCUT2D eigenvalue weighted by Crippen LogP contribution is 2.29.